The van der Waals surface area contributed by atoms with Crippen molar-refractivity contribution in [2.75, 3.05) is 38.4 Å². The molecule has 2 unspecified atom stereocenters. The molecule has 18 nitrogen and oxygen atoms in total. The van der Waals surface area contributed by atoms with E-state index in [1.54, 1.807) is 82.7 Å². The largest absolute Gasteiger partial charge is 0.493 e. The molecule has 4 N–H and O–H groups in total. The Morgan fingerprint density at radius 3 is 2.00 bits per heavy atom. The molecule has 2 atom stereocenters. The number of aryl methyl sites for hydroxylation is 2. The van der Waals surface area contributed by atoms with Crippen molar-refractivity contribution >= 4 is 89.4 Å². The van der Waals surface area contributed by atoms with Gasteiger partial charge in [-0.2, -0.15) is 18.6 Å². The zero-order valence-electron chi connectivity index (χ0n) is 47.5. The number of esters is 1. The molecule has 432 valence electrons. The van der Waals surface area contributed by atoms with Gasteiger partial charge in [0.2, 0.25) is 5.78 Å². The number of Topliss-reactive ketones (excluding diaryl/α,β-unsaturated/α-hetero) is 1. The Bertz CT molecular complexity index is 3960. The number of hydrogen-bond acceptors (Lipinski definition) is 15. The van der Waals surface area contributed by atoms with E-state index >= 15 is 0 Å². The van der Waals surface area contributed by atoms with Crippen molar-refractivity contribution in [1.29, 1.82) is 0 Å². The molecule has 1 aliphatic heterocycles. The fourth-order valence-corrected chi connectivity index (χ4v) is 10.8. The lowest BCUT2D eigenvalue weighted by atomic mass is 9.84. The first-order chi connectivity index (χ1) is 40.3. The number of nitrogens with one attached hydrogen (secondary N) is 1. The number of ether oxygens (including phenoxy) is 4. The van der Waals surface area contributed by atoms with Crippen molar-refractivity contribution in [2.45, 2.75) is 83.3 Å². The maximum Gasteiger partial charge on any atom is 0.329 e. The van der Waals surface area contributed by atoms with Gasteiger partial charge in [0.25, 0.3) is 21.9 Å². The summed E-state index contributed by atoms with van der Waals surface area (Å²) >= 11 is 0. The molecule has 0 bridgehead atoms. The summed E-state index contributed by atoms with van der Waals surface area (Å²) in [4.78, 5) is 56.4. The highest BCUT2D eigenvalue weighted by molar-refractivity contribution is 7.86. The molecule has 1 aliphatic rings. The third-order valence-electron chi connectivity index (χ3n) is 15.1. The number of anilines is 2. The van der Waals surface area contributed by atoms with E-state index in [0.717, 1.165) is 33.0 Å². The van der Waals surface area contributed by atoms with Gasteiger partial charge in [0.15, 0.2) is 18.1 Å². The van der Waals surface area contributed by atoms with Gasteiger partial charge in [0.1, 0.15) is 34.2 Å². The molecule has 2 amide bonds. The standard InChI is InChI=1S/C65H65N7O11S/c1-7-65(3,4)62(74)63(75)72-34-13-12-21-54(72)64(76)83-55(32-22-41-23-33-56(80-5)57(36-41)81-6)44-15-14-16-47(37-44)82-39-59(73)67-61-51-20-11-8-17-48(51)40(2)35-53(61)71-69-46-30-26-43(27-31-46)42-24-28-45(29-25-42)68-70-52-38-58(84(77,78)79)49-18-9-10-19-50(49)60(52)66/h8-11,14-20,23-31,33,35-38,54-55H,7,12-13,21-22,32,34,39,66H2,1-6H3,(H,67,73)(H,77,78,79). The number of nitrogens with zero attached hydrogens (tertiary/aromatic N) is 5. The summed E-state index contributed by atoms with van der Waals surface area (Å²) in [7, 11) is -1.45. The molecule has 0 aromatic heterocycles. The monoisotopic (exact) mass is 1150 g/mol. The smallest absolute Gasteiger partial charge is 0.329 e. The molecule has 0 radical (unpaired) electrons. The molecule has 0 saturated carbocycles. The molecule has 9 rings (SSSR count). The van der Waals surface area contributed by atoms with Crippen LogP contribution in [0.15, 0.2) is 177 Å². The number of nitrogen functional groups attached to an aromatic ring is 1. The van der Waals surface area contributed by atoms with Crippen molar-refractivity contribution in [3.05, 3.63) is 168 Å². The van der Waals surface area contributed by atoms with Gasteiger partial charge in [-0.05, 0) is 139 Å². The number of nitrogens with two attached hydrogens (primary N) is 1. The minimum absolute atomic E-state index is 0.0937. The van der Waals surface area contributed by atoms with Gasteiger partial charge in [0.05, 0.1) is 37.0 Å². The normalized spacial score (nSPS) is 14.2. The zero-order valence-corrected chi connectivity index (χ0v) is 48.3. The summed E-state index contributed by atoms with van der Waals surface area (Å²) in [5.74, 6) is -0.833. The van der Waals surface area contributed by atoms with Gasteiger partial charge in [-0.1, -0.05) is 112 Å². The van der Waals surface area contributed by atoms with Gasteiger partial charge in [0, 0.05) is 28.1 Å². The van der Waals surface area contributed by atoms with Crippen LogP contribution in [0.25, 0.3) is 32.7 Å². The Labute approximate surface area is 487 Å². The predicted octanol–water partition coefficient (Wildman–Crippen LogP) is 14.3. The Balaban J connectivity index is 0.895. The van der Waals surface area contributed by atoms with Gasteiger partial charge in [-0.3, -0.25) is 18.9 Å². The number of fused-ring (bicyclic) bond motifs is 2. The number of carbonyl (C=O) groups is 4. The van der Waals surface area contributed by atoms with Crippen LogP contribution < -0.4 is 25.3 Å². The predicted molar refractivity (Wildman–Crippen MR) is 323 cm³/mol. The summed E-state index contributed by atoms with van der Waals surface area (Å²) in [5.41, 5.74) is 11.8. The number of rotatable bonds is 21. The van der Waals surface area contributed by atoms with E-state index in [1.807, 2.05) is 105 Å². The molecule has 0 aliphatic carbocycles. The Hall–Kier alpha value is -9.33. The van der Waals surface area contributed by atoms with Crippen LogP contribution in [-0.2, 0) is 40.5 Å². The highest BCUT2D eigenvalue weighted by Gasteiger charge is 2.41. The molecular weight excluding hydrogens is 1090 g/mol. The second-order valence-electron chi connectivity index (χ2n) is 21.1. The first-order valence-electron chi connectivity index (χ1n) is 27.5. The van der Waals surface area contributed by atoms with E-state index in [4.69, 9.17) is 24.7 Å². The van der Waals surface area contributed by atoms with Crippen LogP contribution >= 0.6 is 0 Å². The molecule has 1 saturated heterocycles. The summed E-state index contributed by atoms with van der Waals surface area (Å²) in [6, 6.07) is 43.6. The molecule has 0 spiro atoms. The lowest BCUT2D eigenvalue weighted by Gasteiger charge is -2.36. The maximum atomic E-state index is 14.3. The van der Waals surface area contributed by atoms with E-state index in [1.165, 1.54) is 11.0 Å². The molecule has 84 heavy (non-hydrogen) atoms. The van der Waals surface area contributed by atoms with Gasteiger partial charge in [-0.15, -0.1) is 10.2 Å². The second kappa shape index (κ2) is 25.9. The average Bonchev–Trinajstić information content (AvgIpc) is 2.92. The van der Waals surface area contributed by atoms with Gasteiger partial charge >= 0.3 is 5.97 Å². The van der Waals surface area contributed by atoms with Crippen molar-refractivity contribution < 1.29 is 51.1 Å². The minimum atomic E-state index is -4.57. The van der Waals surface area contributed by atoms with E-state index in [0.29, 0.717) is 89.5 Å². The van der Waals surface area contributed by atoms with E-state index in [9.17, 15) is 32.1 Å². The number of hydrogen-bond donors (Lipinski definition) is 3. The maximum absolute atomic E-state index is 14.3. The molecule has 19 heteroatoms. The van der Waals surface area contributed by atoms with E-state index in [-0.39, 0.29) is 34.8 Å². The Morgan fingerprint density at radius 2 is 1.36 bits per heavy atom. The highest BCUT2D eigenvalue weighted by Crippen LogP contribution is 2.40. The second-order valence-corrected chi connectivity index (χ2v) is 22.5. The van der Waals surface area contributed by atoms with Crippen molar-refractivity contribution in [3.8, 4) is 28.4 Å². The van der Waals surface area contributed by atoms with Crippen molar-refractivity contribution in [2.24, 2.45) is 25.9 Å². The average molecular weight is 1150 g/mol. The third-order valence-corrected chi connectivity index (χ3v) is 16.0. The van der Waals surface area contributed by atoms with Gasteiger partial charge < -0.3 is 34.9 Å². The minimum Gasteiger partial charge on any atom is -0.493 e. The topological polar surface area (TPSA) is 250 Å². The molecule has 1 heterocycles. The van der Waals surface area contributed by atoms with Crippen LogP contribution in [0.3, 0.4) is 0 Å². The van der Waals surface area contributed by atoms with E-state index < -0.39 is 51.2 Å². The number of piperidine rings is 1. The number of ketones is 1. The molecule has 1 fully saturated rings. The summed E-state index contributed by atoms with van der Waals surface area (Å²) in [6.07, 6.45) is 2.14. The molecule has 8 aromatic rings. The lowest BCUT2D eigenvalue weighted by molar-refractivity contribution is -0.164. The van der Waals surface area contributed by atoms with E-state index in [2.05, 4.69) is 25.8 Å². The highest BCUT2D eigenvalue weighted by atomic mass is 32.2. The third kappa shape index (κ3) is 13.6. The number of azo groups is 2. The van der Waals surface area contributed by atoms with Crippen LogP contribution in [0, 0.1) is 12.3 Å². The van der Waals surface area contributed by atoms with Crippen LogP contribution in [0.2, 0.25) is 0 Å². The van der Waals surface area contributed by atoms with Crippen LogP contribution in [-0.4, -0.2) is 74.9 Å². The number of benzene rings is 8. The Morgan fingerprint density at radius 1 is 0.726 bits per heavy atom. The Kier molecular flexibility index (Phi) is 18.3. The first-order valence-corrected chi connectivity index (χ1v) is 28.9. The fraction of sp³-hybridized carbons (Fsp3) is 0.262. The van der Waals surface area contributed by atoms with Gasteiger partial charge in [-0.25, -0.2) is 4.79 Å². The number of methoxy groups -OCH3 is 2. The van der Waals surface area contributed by atoms with Crippen LogP contribution in [0.5, 0.6) is 17.2 Å². The quantitative estimate of drug-likeness (QED) is 0.0200. The summed E-state index contributed by atoms with van der Waals surface area (Å²) in [5, 5.41) is 23.1. The zero-order chi connectivity index (χ0) is 59.7. The fourth-order valence-electron chi connectivity index (χ4n) is 10.0. The lowest BCUT2D eigenvalue weighted by Crippen LogP contribution is -2.53. The van der Waals surface area contributed by atoms with Crippen molar-refractivity contribution in [1.82, 2.24) is 4.90 Å². The SMILES string of the molecule is CCC(C)(C)C(=O)C(=O)N1CCCCC1C(=O)OC(CCc1ccc(OC)c(OC)c1)c1cccc(OCC(=O)Nc2c(N=Nc3ccc(-c4ccc(N=Nc5cc(S(=O)(=O)O)c6ccccc6c5N)cc4)cc3)cc(C)c3ccccc23)c1. The van der Waals surface area contributed by atoms with Crippen molar-refractivity contribution in [3.63, 3.8) is 0 Å². The summed E-state index contributed by atoms with van der Waals surface area (Å²) < 4.78 is 57.8. The van der Waals surface area contributed by atoms with Crippen LogP contribution in [0.4, 0.5) is 34.1 Å². The first kappa shape index (κ1) is 59.3. The number of likely N-dealkylation sites (tertiary alicyclic amines) is 1. The summed E-state index contributed by atoms with van der Waals surface area (Å²) in [6.45, 7) is 7.16. The molecule has 8 aromatic carbocycles. The number of carbonyl (C=O) groups excluding carboxylic acids is 4. The number of amides is 2. The van der Waals surface area contributed by atoms with Crippen LogP contribution in [0.1, 0.15) is 75.7 Å². The molecular formula is C65H65N7O11S.